The number of nitrogens with one attached hydrogen (secondary N) is 2. The molecule has 1 aromatic carbocycles. The Morgan fingerprint density at radius 2 is 2.12 bits per heavy atom. The Morgan fingerprint density at radius 1 is 1.36 bits per heavy atom. The first-order valence-electron chi connectivity index (χ1n) is 9.07. The van der Waals surface area contributed by atoms with Crippen molar-refractivity contribution in [2.24, 2.45) is 4.99 Å². The summed E-state index contributed by atoms with van der Waals surface area (Å²) in [5, 5.41) is 6.69. The number of aryl methyl sites for hydroxylation is 1. The number of guanidine groups is 1. The van der Waals surface area contributed by atoms with E-state index in [0.717, 1.165) is 38.0 Å². The van der Waals surface area contributed by atoms with Gasteiger partial charge in [-0.05, 0) is 32.9 Å². The minimum Gasteiger partial charge on any atom is -0.492 e. The largest absolute Gasteiger partial charge is 0.492 e. The van der Waals surface area contributed by atoms with Gasteiger partial charge in [-0.3, -0.25) is 9.89 Å². The van der Waals surface area contributed by atoms with Gasteiger partial charge in [0.15, 0.2) is 5.96 Å². The molecule has 1 aliphatic rings. The van der Waals surface area contributed by atoms with Crippen LogP contribution in [0.4, 0.5) is 0 Å². The molecule has 0 bridgehead atoms. The van der Waals surface area contributed by atoms with Crippen molar-refractivity contribution in [3.8, 4) is 5.75 Å². The minimum atomic E-state index is 0.432. The molecule has 25 heavy (non-hydrogen) atoms. The molecule has 140 valence electrons. The van der Waals surface area contributed by atoms with Crippen molar-refractivity contribution in [2.45, 2.75) is 32.9 Å². The van der Waals surface area contributed by atoms with Crippen LogP contribution in [0.25, 0.3) is 0 Å². The Bertz CT molecular complexity index is 533. The maximum atomic E-state index is 5.72. The van der Waals surface area contributed by atoms with E-state index in [9.17, 15) is 0 Å². The maximum Gasteiger partial charge on any atom is 0.191 e. The quantitative estimate of drug-likeness (QED) is 0.446. The zero-order valence-corrected chi connectivity index (χ0v) is 15.9. The lowest BCUT2D eigenvalue weighted by Crippen LogP contribution is -2.53. The Labute approximate surface area is 151 Å². The van der Waals surface area contributed by atoms with Crippen LogP contribution in [0.2, 0.25) is 0 Å². The summed E-state index contributed by atoms with van der Waals surface area (Å²) in [6.07, 6.45) is 0. The first kappa shape index (κ1) is 19.5. The van der Waals surface area contributed by atoms with Gasteiger partial charge >= 0.3 is 0 Å². The van der Waals surface area contributed by atoms with E-state index in [4.69, 9.17) is 9.47 Å². The molecule has 6 nitrogen and oxygen atoms in total. The fraction of sp³-hybridized carbons (Fsp3) is 0.632. The van der Waals surface area contributed by atoms with Crippen LogP contribution in [0.1, 0.15) is 19.4 Å². The van der Waals surface area contributed by atoms with Crippen LogP contribution in [0.3, 0.4) is 0 Å². The molecule has 0 aromatic heterocycles. The zero-order valence-electron chi connectivity index (χ0n) is 15.9. The van der Waals surface area contributed by atoms with Crippen molar-refractivity contribution < 1.29 is 9.47 Å². The van der Waals surface area contributed by atoms with Gasteiger partial charge in [0.25, 0.3) is 0 Å². The van der Waals surface area contributed by atoms with Crippen LogP contribution < -0.4 is 15.4 Å². The number of rotatable bonds is 7. The average Bonchev–Trinajstić information content (AvgIpc) is 2.62. The van der Waals surface area contributed by atoms with Crippen LogP contribution >= 0.6 is 0 Å². The molecule has 2 rings (SSSR count). The molecule has 1 heterocycles. The first-order chi connectivity index (χ1) is 12.1. The van der Waals surface area contributed by atoms with E-state index >= 15 is 0 Å². The zero-order chi connectivity index (χ0) is 18.1. The van der Waals surface area contributed by atoms with Crippen LogP contribution in [-0.4, -0.2) is 69.4 Å². The molecule has 1 aromatic rings. The summed E-state index contributed by atoms with van der Waals surface area (Å²) in [4.78, 5) is 6.75. The summed E-state index contributed by atoms with van der Waals surface area (Å²) in [7, 11) is 1.79. The second kappa shape index (κ2) is 10.3. The van der Waals surface area contributed by atoms with Crippen molar-refractivity contribution in [3.63, 3.8) is 0 Å². The van der Waals surface area contributed by atoms with Crippen LogP contribution in [0.15, 0.2) is 29.3 Å². The lowest BCUT2D eigenvalue weighted by Gasteiger charge is -2.38. The Morgan fingerprint density at radius 3 is 2.80 bits per heavy atom. The van der Waals surface area contributed by atoms with Crippen LogP contribution in [-0.2, 0) is 4.74 Å². The number of benzene rings is 1. The fourth-order valence-corrected chi connectivity index (χ4v) is 2.95. The molecule has 1 aliphatic heterocycles. The molecule has 0 radical (unpaired) electrons. The summed E-state index contributed by atoms with van der Waals surface area (Å²) < 4.78 is 11.2. The highest BCUT2D eigenvalue weighted by Crippen LogP contribution is 2.11. The summed E-state index contributed by atoms with van der Waals surface area (Å²) in [6, 6.07) is 8.99. The molecule has 2 unspecified atom stereocenters. The molecule has 2 N–H and O–H groups in total. The molecule has 2 atom stereocenters. The standard InChI is InChI=1S/C19H32N4O2/c1-15-5-7-18(8-6-15)25-11-9-21-19(20-4)22-13-16(2)23-10-12-24-14-17(23)3/h5-8,16-17H,9-14H2,1-4H3,(H2,20,21,22). The van der Waals surface area contributed by atoms with Gasteiger partial charge in [0.2, 0.25) is 0 Å². The van der Waals surface area contributed by atoms with Crippen LogP contribution in [0, 0.1) is 6.92 Å². The first-order valence-corrected chi connectivity index (χ1v) is 9.07. The SMILES string of the molecule is CN=C(NCCOc1ccc(C)cc1)NCC(C)N1CCOCC1C. The highest BCUT2D eigenvalue weighted by molar-refractivity contribution is 5.79. The van der Waals surface area contributed by atoms with E-state index in [2.05, 4.69) is 53.4 Å². The molecule has 1 fully saturated rings. The average molecular weight is 348 g/mol. The summed E-state index contributed by atoms with van der Waals surface area (Å²) in [6.45, 7) is 11.3. The number of ether oxygens (including phenoxy) is 2. The monoisotopic (exact) mass is 348 g/mol. The van der Waals surface area contributed by atoms with Gasteiger partial charge in [-0.2, -0.15) is 0 Å². The van der Waals surface area contributed by atoms with E-state index in [-0.39, 0.29) is 0 Å². The Balaban J connectivity index is 1.65. The minimum absolute atomic E-state index is 0.432. The summed E-state index contributed by atoms with van der Waals surface area (Å²) in [5.41, 5.74) is 1.23. The summed E-state index contributed by atoms with van der Waals surface area (Å²) in [5.74, 6) is 1.70. The summed E-state index contributed by atoms with van der Waals surface area (Å²) >= 11 is 0. The van der Waals surface area contributed by atoms with Crippen molar-refractivity contribution >= 4 is 5.96 Å². The normalized spacial score (nSPS) is 20.2. The molecule has 1 saturated heterocycles. The van der Waals surface area contributed by atoms with E-state index in [0.29, 0.717) is 25.2 Å². The number of hydrogen-bond acceptors (Lipinski definition) is 4. The Kier molecular flexibility index (Phi) is 8.01. The molecule has 6 heteroatoms. The van der Waals surface area contributed by atoms with Crippen molar-refractivity contribution in [3.05, 3.63) is 29.8 Å². The van der Waals surface area contributed by atoms with E-state index in [1.807, 2.05) is 12.1 Å². The van der Waals surface area contributed by atoms with Gasteiger partial charge in [0, 0.05) is 32.2 Å². The maximum absolute atomic E-state index is 5.72. The highest BCUT2D eigenvalue weighted by atomic mass is 16.5. The smallest absolute Gasteiger partial charge is 0.191 e. The fourth-order valence-electron chi connectivity index (χ4n) is 2.95. The van der Waals surface area contributed by atoms with Gasteiger partial charge in [-0.15, -0.1) is 0 Å². The number of aliphatic imine (C=N–C) groups is 1. The van der Waals surface area contributed by atoms with Gasteiger partial charge in [0.05, 0.1) is 19.8 Å². The third kappa shape index (κ3) is 6.55. The third-order valence-electron chi connectivity index (χ3n) is 4.46. The molecule has 0 spiro atoms. The lowest BCUT2D eigenvalue weighted by atomic mass is 10.2. The molecular formula is C19H32N4O2. The molecular weight excluding hydrogens is 316 g/mol. The molecule has 0 saturated carbocycles. The van der Waals surface area contributed by atoms with Gasteiger partial charge in [-0.25, -0.2) is 0 Å². The third-order valence-corrected chi connectivity index (χ3v) is 4.46. The molecule has 0 aliphatic carbocycles. The number of hydrogen-bond donors (Lipinski definition) is 2. The van der Waals surface area contributed by atoms with E-state index in [1.54, 1.807) is 7.05 Å². The van der Waals surface area contributed by atoms with Crippen molar-refractivity contribution in [2.75, 3.05) is 46.5 Å². The predicted octanol–water partition coefficient (Wildman–Crippen LogP) is 1.65. The van der Waals surface area contributed by atoms with Crippen molar-refractivity contribution in [1.82, 2.24) is 15.5 Å². The Hall–Kier alpha value is -1.79. The predicted molar refractivity (Wildman–Crippen MR) is 102 cm³/mol. The second-order valence-corrected chi connectivity index (χ2v) is 6.55. The van der Waals surface area contributed by atoms with Gasteiger partial charge < -0.3 is 20.1 Å². The van der Waals surface area contributed by atoms with E-state index < -0.39 is 0 Å². The van der Waals surface area contributed by atoms with Crippen LogP contribution in [0.5, 0.6) is 5.75 Å². The van der Waals surface area contributed by atoms with Gasteiger partial charge in [-0.1, -0.05) is 17.7 Å². The highest BCUT2D eigenvalue weighted by Gasteiger charge is 2.23. The molecule has 0 amide bonds. The number of morpholine rings is 1. The van der Waals surface area contributed by atoms with E-state index in [1.165, 1.54) is 5.56 Å². The van der Waals surface area contributed by atoms with Gasteiger partial charge in [0.1, 0.15) is 12.4 Å². The second-order valence-electron chi connectivity index (χ2n) is 6.55. The lowest BCUT2D eigenvalue weighted by molar-refractivity contribution is -0.0174. The van der Waals surface area contributed by atoms with Crippen molar-refractivity contribution in [1.29, 1.82) is 0 Å². The topological polar surface area (TPSA) is 58.1 Å². The number of nitrogens with zero attached hydrogens (tertiary/aromatic N) is 2.